The summed E-state index contributed by atoms with van der Waals surface area (Å²) in [4.78, 5) is 26.3. The molecule has 1 fully saturated rings. The fourth-order valence-electron chi connectivity index (χ4n) is 5.27. The minimum absolute atomic E-state index is 0.135. The monoisotopic (exact) mass is 464 g/mol. The van der Waals surface area contributed by atoms with Crippen molar-refractivity contribution in [2.75, 3.05) is 32.7 Å². The number of aliphatic hydroxyl groups is 1. The molecule has 1 aromatic heterocycles. The number of carbonyl (C=O) groups excluding carboxylic acids is 1. The van der Waals surface area contributed by atoms with Crippen molar-refractivity contribution in [3.63, 3.8) is 0 Å². The Bertz CT molecular complexity index is 1080. The van der Waals surface area contributed by atoms with Crippen molar-refractivity contribution >= 4 is 23.2 Å². The summed E-state index contributed by atoms with van der Waals surface area (Å²) < 4.78 is 0. The van der Waals surface area contributed by atoms with Crippen LogP contribution in [0, 0.1) is 5.92 Å². The average molecular weight is 465 g/mol. The number of nitrogens with zero attached hydrogens (tertiary/aromatic N) is 4. The third-order valence-corrected chi connectivity index (χ3v) is 7.25. The molecule has 0 radical (unpaired) electrons. The van der Waals surface area contributed by atoms with Crippen molar-refractivity contribution in [3.8, 4) is 0 Å². The van der Waals surface area contributed by atoms with Crippen LogP contribution in [0.15, 0.2) is 64.9 Å². The zero-order valence-electron chi connectivity index (χ0n) is 18.7. The van der Waals surface area contributed by atoms with Crippen LogP contribution in [0.1, 0.15) is 30.4 Å². The first-order valence-electron chi connectivity index (χ1n) is 11.6. The summed E-state index contributed by atoms with van der Waals surface area (Å²) >= 11 is 6.34. The summed E-state index contributed by atoms with van der Waals surface area (Å²) in [6.07, 6.45) is 5.15. The van der Waals surface area contributed by atoms with Crippen LogP contribution < -0.4 is 0 Å². The SMILES string of the molecule is O=C(C[C@@H]1CC(O)CN(Cc2ccccc2Cl)C1)N1CCC2=C(C1)C(c1ccncc1)=NC2. The molecule has 0 saturated carbocycles. The van der Waals surface area contributed by atoms with E-state index in [1.807, 2.05) is 41.3 Å². The van der Waals surface area contributed by atoms with Crippen molar-refractivity contribution in [1.82, 2.24) is 14.8 Å². The molecular weight excluding hydrogens is 436 g/mol. The number of aliphatic imine (C=N–C) groups is 1. The zero-order chi connectivity index (χ0) is 22.8. The molecule has 2 atom stereocenters. The first-order valence-corrected chi connectivity index (χ1v) is 12.0. The largest absolute Gasteiger partial charge is 0.392 e. The molecule has 33 heavy (non-hydrogen) atoms. The number of hydrogen-bond donors (Lipinski definition) is 1. The molecule has 5 rings (SSSR count). The topological polar surface area (TPSA) is 69.0 Å². The highest BCUT2D eigenvalue weighted by Crippen LogP contribution is 2.29. The number of halogens is 1. The molecule has 0 spiro atoms. The lowest BCUT2D eigenvalue weighted by atomic mass is 9.91. The van der Waals surface area contributed by atoms with Gasteiger partial charge in [-0.05, 0) is 53.7 Å². The number of aromatic nitrogens is 1. The average Bonchev–Trinajstić information content (AvgIpc) is 3.24. The van der Waals surface area contributed by atoms with Crippen LogP contribution in [0.4, 0.5) is 0 Å². The predicted octanol–water partition coefficient (Wildman–Crippen LogP) is 3.34. The Labute approximate surface area is 199 Å². The van der Waals surface area contributed by atoms with Crippen LogP contribution >= 0.6 is 11.6 Å². The minimum Gasteiger partial charge on any atom is -0.392 e. The molecule has 1 N–H and O–H groups in total. The second kappa shape index (κ2) is 9.75. The molecule has 1 amide bonds. The minimum atomic E-state index is -0.421. The molecule has 7 heteroatoms. The molecule has 1 unspecified atom stereocenters. The first kappa shape index (κ1) is 22.3. The van der Waals surface area contributed by atoms with Gasteiger partial charge < -0.3 is 10.0 Å². The number of pyridine rings is 1. The van der Waals surface area contributed by atoms with Gasteiger partial charge in [-0.15, -0.1) is 0 Å². The van der Waals surface area contributed by atoms with Gasteiger partial charge in [0.25, 0.3) is 0 Å². The van der Waals surface area contributed by atoms with Gasteiger partial charge >= 0.3 is 0 Å². The number of piperidine rings is 1. The van der Waals surface area contributed by atoms with Gasteiger partial charge in [-0.25, -0.2) is 0 Å². The number of rotatable bonds is 5. The second-order valence-electron chi connectivity index (χ2n) is 9.29. The van der Waals surface area contributed by atoms with E-state index in [4.69, 9.17) is 16.6 Å². The van der Waals surface area contributed by atoms with Gasteiger partial charge in [0.1, 0.15) is 0 Å². The smallest absolute Gasteiger partial charge is 0.223 e. The number of β-amino-alcohol motifs (C(OH)–C–C–N with tert-alkyl or cyclic N) is 1. The van der Waals surface area contributed by atoms with Crippen LogP contribution in [-0.4, -0.2) is 70.3 Å². The molecule has 3 aliphatic rings. The number of benzene rings is 1. The van der Waals surface area contributed by atoms with Crippen molar-refractivity contribution in [2.45, 2.75) is 31.9 Å². The highest BCUT2D eigenvalue weighted by molar-refractivity contribution is 6.31. The lowest BCUT2D eigenvalue weighted by Crippen LogP contribution is -2.45. The van der Waals surface area contributed by atoms with Crippen molar-refractivity contribution in [2.24, 2.45) is 10.9 Å². The highest BCUT2D eigenvalue weighted by Gasteiger charge is 2.32. The van der Waals surface area contributed by atoms with Crippen LogP contribution in [0.5, 0.6) is 0 Å². The van der Waals surface area contributed by atoms with Gasteiger partial charge in [-0.2, -0.15) is 0 Å². The fourth-order valence-corrected chi connectivity index (χ4v) is 5.47. The molecule has 1 saturated heterocycles. The summed E-state index contributed by atoms with van der Waals surface area (Å²) in [5, 5.41) is 11.2. The maximum Gasteiger partial charge on any atom is 0.223 e. The van der Waals surface area contributed by atoms with E-state index in [9.17, 15) is 9.90 Å². The molecule has 6 nitrogen and oxygen atoms in total. The Morgan fingerprint density at radius 3 is 2.79 bits per heavy atom. The summed E-state index contributed by atoms with van der Waals surface area (Å²) in [6, 6.07) is 11.8. The third-order valence-electron chi connectivity index (χ3n) is 6.89. The van der Waals surface area contributed by atoms with Gasteiger partial charge in [-0.3, -0.25) is 19.7 Å². The Hall–Kier alpha value is -2.54. The molecule has 1 aromatic carbocycles. The lowest BCUT2D eigenvalue weighted by molar-refractivity contribution is -0.132. The van der Waals surface area contributed by atoms with Crippen molar-refractivity contribution < 1.29 is 9.90 Å². The first-order chi connectivity index (χ1) is 16.1. The third kappa shape index (κ3) is 5.03. The molecule has 2 aromatic rings. The Kier molecular flexibility index (Phi) is 6.58. The predicted molar refractivity (Wildman–Crippen MR) is 129 cm³/mol. The maximum absolute atomic E-state index is 13.3. The van der Waals surface area contributed by atoms with E-state index in [1.54, 1.807) is 12.4 Å². The van der Waals surface area contributed by atoms with E-state index in [2.05, 4.69) is 9.88 Å². The summed E-state index contributed by atoms with van der Waals surface area (Å²) in [5.74, 6) is 0.301. The van der Waals surface area contributed by atoms with E-state index in [-0.39, 0.29) is 11.8 Å². The van der Waals surface area contributed by atoms with Crippen LogP contribution in [0.2, 0.25) is 5.02 Å². The van der Waals surface area contributed by atoms with Gasteiger partial charge in [0, 0.05) is 62.1 Å². The molecular formula is C26H29ClN4O2. The molecule has 0 bridgehead atoms. The number of amides is 1. The quantitative estimate of drug-likeness (QED) is 0.736. The summed E-state index contributed by atoms with van der Waals surface area (Å²) in [7, 11) is 0. The number of likely N-dealkylation sites (tertiary alicyclic amines) is 1. The maximum atomic E-state index is 13.3. The van der Waals surface area contributed by atoms with Crippen LogP contribution in [0.3, 0.4) is 0 Å². The van der Waals surface area contributed by atoms with Gasteiger partial charge in [0.05, 0.1) is 18.4 Å². The van der Waals surface area contributed by atoms with Crippen LogP contribution in [-0.2, 0) is 11.3 Å². The number of aliphatic hydroxyl groups excluding tert-OH is 1. The molecule has 3 aliphatic heterocycles. The Morgan fingerprint density at radius 2 is 1.97 bits per heavy atom. The van der Waals surface area contributed by atoms with Crippen molar-refractivity contribution in [1.29, 1.82) is 0 Å². The standard InChI is InChI=1S/C26H29ClN4O2/c27-24-4-2-1-3-21(24)15-30-14-18(11-22(32)16-30)12-25(33)31-10-7-20-13-29-26(23(20)17-31)19-5-8-28-9-6-19/h1-6,8-9,18,22,32H,7,10-17H2/t18-,22?/m0/s1. The second-order valence-corrected chi connectivity index (χ2v) is 9.70. The van der Waals surface area contributed by atoms with Gasteiger partial charge in [0.15, 0.2) is 0 Å². The van der Waals surface area contributed by atoms with Gasteiger partial charge in [-0.1, -0.05) is 29.8 Å². The molecule has 0 aliphatic carbocycles. The lowest BCUT2D eigenvalue weighted by Gasteiger charge is -2.37. The fraction of sp³-hybridized carbons (Fsp3) is 0.423. The zero-order valence-corrected chi connectivity index (χ0v) is 19.4. The van der Waals surface area contributed by atoms with E-state index in [0.29, 0.717) is 32.5 Å². The summed E-state index contributed by atoms with van der Waals surface area (Å²) in [6.45, 7) is 4.19. The molecule has 4 heterocycles. The molecule has 172 valence electrons. The van der Waals surface area contributed by atoms with E-state index >= 15 is 0 Å². The Morgan fingerprint density at radius 1 is 1.15 bits per heavy atom. The van der Waals surface area contributed by atoms with Gasteiger partial charge in [0.2, 0.25) is 5.91 Å². The number of carbonyl (C=O) groups is 1. The van der Waals surface area contributed by atoms with Crippen LogP contribution in [0.25, 0.3) is 0 Å². The highest BCUT2D eigenvalue weighted by atomic mass is 35.5. The van der Waals surface area contributed by atoms with E-state index in [1.165, 1.54) is 11.1 Å². The number of hydrogen-bond acceptors (Lipinski definition) is 5. The Balaban J connectivity index is 1.21. The summed E-state index contributed by atoms with van der Waals surface area (Å²) in [5.41, 5.74) is 5.67. The van der Waals surface area contributed by atoms with Crippen molar-refractivity contribution in [3.05, 3.63) is 76.1 Å². The van der Waals surface area contributed by atoms with E-state index in [0.717, 1.165) is 47.9 Å². The van der Waals surface area contributed by atoms with E-state index < -0.39 is 6.10 Å². The normalized spacial score (nSPS) is 23.5.